The van der Waals surface area contributed by atoms with Crippen LogP contribution in [0, 0.1) is 5.82 Å². The molecule has 1 aromatic heterocycles. The fraction of sp³-hybridized carbons (Fsp3) is 0.294. The van der Waals surface area contributed by atoms with Gasteiger partial charge in [-0.2, -0.15) is 0 Å². The average Bonchev–Trinajstić information content (AvgIpc) is 2.63. The predicted molar refractivity (Wildman–Crippen MR) is 89.9 cm³/mol. The molecule has 3 rings (SSSR count). The van der Waals surface area contributed by atoms with E-state index in [1.165, 1.54) is 25.3 Å². The highest BCUT2D eigenvalue weighted by atomic mass is 19.1. The number of benzene rings is 1. The lowest BCUT2D eigenvalue weighted by Crippen LogP contribution is -2.50. The van der Waals surface area contributed by atoms with Crippen molar-refractivity contribution < 1.29 is 14.0 Å². The van der Waals surface area contributed by atoms with Crippen LogP contribution in [-0.4, -0.2) is 57.8 Å². The van der Waals surface area contributed by atoms with Gasteiger partial charge in [0, 0.05) is 45.0 Å². The van der Waals surface area contributed by atoms with E-state index >= 15 is 0 Å². The number of anilines is 2. The van der Waals surface area contributed by atoms with Gasteiger partial charge in [0.05, 0.1) is 0 Å². The summed E-state index contributed by atoms with van der Waals surface area (Å²) in [4.78, 5) is 35.6. The third kappa shape index (κ3) is 4.09. The number of piperazine rings is 1. The molecule has 0 spiro atoms. The molecule has 1 fully saturated rings. The van der Waals surface area contributed by atoms with E-state index in [1.807, 2.05) is 0 Å². The Hall–Kier alpha value is -3.03. The van der Waals surface area contributed by atoms with Gasteiger partial charge in [0.25, 0.3) is 5.91 Å². The Morgan fingerprint density at radius 1 is 1.04 bits per heavy atom. The minimum absolute atomic E-state index is 0.0138. The van der Waals surface area contributed by atoms with Crippen LogP contribution in [0.3, 0.4) is 0 Å². The first kappa shape index (κ1) is 16.8. The number of halogens is 1. The molecule has 7 nitrogen and oxygen atoms in total. The predicted octanol–water partition coefficient (Wildman–Crippen LogP) is 1.66. The summed E-state index contributed by atoms with van der Waals surface area (Å²) in [6.07, 6.45) is 1.50. The number of rotatable bonds is 3. The highest BCUT2D eigenvalue weighted by molar-refractivity contribution is 5.92. The maximum atomic E-state index is 12.9. The van der Waals surface area contributed by atoms with E-state index in [-0.39, 0.29) is 29.3 Å². The monoisotopic (exact) mass is 343 g/mol. The Kier molecular flexibility index (Phi) is 4.87. The number of nitrogens with one attached hydrogen (secondary N) is 1. The van der Waals surface area contributed by atoms with Crippen molar-refractivity contribution in [3.63, 3.8) is 0 Å². The second kappa shape index (κ2) is 7.25. The number of nitrogens with zero attached hydrogens (tertiary/aromatic N) is 4. The smallest absolute Gasteiger partial charge is 0.272 e. The summed E-state index contributed by atoms with van der Waals surface area (Å²) >= 11 is 0. The van der Waals surface area contributed by atoms with Crippen molar-refractivity contribution in [3.8, 4) is 0 Å². The van der Waals surface area contributed by atoms with Gasteiger partial charge in [-0.15, -0.1) is 0 Å². The molecule has 0 saturated carbocycles. The standard InChI is InChI=1S/C17H18FN5O2/c1-12(24)22-8-10-23(11-9-22)16(25)15-6-7-19-17(21-15)20-14-4-2-13(18)3-5-14/h2-7H,8-11H2,1H3,(H,19,20,21). The normalized spacial score (nSPS) is 14.3. The summed E-state index contributed by atoms with van der Waals surface area (Å²) in [6, 6.07) is 7.33. The zero-order valence-electron chi connectivity index (χ0n) is 13.8. The highest BCUT2D eigenvalue weighted by Crippen LogP contribution is 2.14. The Morgan fingerprint density at radius 3 is 2.32 bits per heavy atom. The van der Waals surface area contributed by atoms with Crippen molar-refractivity contribution in [3.05, 3.63) is 48.0 Å². The summed E-state index contributed by atoms with van der Waals surface area (Å²) in [5.74, 6) is -0.257. The number of hydrogen-bond acceptors (Lipinski definition) is 5. The first-order valence-electron chi connectivity index (χ1n) is 7.93. The fourth-order valence-electron chi connectivity index (χ4n) is 2.59. The van der Waals surface area contributed by atoms with Gasteiger partial charge in [-0.25, -0.2) is 14.4 Å². The van der Waals surface area contributed by atoms with Gasteiger partial charge in [-0.1, -0.05) is 0 Å². The molecule has 130 valence electrons. The molecule has 2 amide bonds. The molecule has 2 heterocycles. The van der Waals surface area contributed by atoms with Crippen molar-refractivity contribution in [2.75, 3.05) is 31.5 Å². The average molecular weight is 343 g/mol. The van der Waals surface area contributed by atoms with Crippen molar-refractivity contribution in [2.45, 2.75) is 6.92 Å². The van der Waals surface area contributed by atoms with Crippen LogP contribution in [0.4, 0.5) is 16.0 Å². The summed E-state index contributed by atoms with van der Waals surface area (Å²) in [7, 11) is 0. The van der Waals surface area contributed by atoms with Crippen LogP contribution in [0.5, 0.6) is 0 Å². The van der Waals surface area contributed by atoms with Gasteiger partial charge in [0.2, 0.25) is 11.9 Å². The molecule has 0 unspecified atom stereocenters. The van der Waals surface area contributed by atoms with Crippen molar-refractivity contribution >= 4 is 23.5 Å². The quantitative estimate of drug-likeness (QED) is 0.917. The fourth-order valence-corrected chi connectivity index (χ4v) is 2.59. The van der Waals surface area contributed by atoms with Crippen LogP contribution in [0.1, 0.15) is 17.4 Å². The van der Waals surface area contributed by atoms with E-state index in [0.717, 1.165) is 0 Å². The van der Waals surface area contributed by atoms with E-state index in [9.17, 15) is 14.0 Å². The van der Waals surface area contributed by atoms with Gasteiger partial charge in [0.15, 0.2) is 0 Å². The number of carbonyl (C=O) groups excluding carboxylic acids is 2. The minimum Gasteiger partial charge on any atom is -0.339 e. The van der Waals surface area contributed by atoms with Crippen LogP contribution in [0.15, 0.2) is 36.5 Å². The Labute approximate surface area is 144 Å². The summed E-state index contributed by atoms with van der Waals surface area (Å²) < 4.78 is 12.9. The molecular weight excluding hydrogens is 325 g/mol. The highest BCUT2D eigenvalue weighted by Gasteiger charge is 2.24. The number of aromatic nitrogens is 2. The molecule has 1 aromatic carbocycles. The molecule has 0 atom stereocenters. The zero-order chi connectivity index (χ0) is 17.8. The van der Waals surface area contributed by atoms with E-state index in [2.05, 4.69) is 15.3 Å². The van der Waals surface area contributed by atoms with E-state index < -0.39 is 0 Å². The van der Waals surface area contributed by atoms with Gasteiger partial charge in [0.1, 0.15) is 11.5 Å². The summed E-state index contributed by atoms with van der Waals surface area (Å²) in [5, 5.41) is 2.94. The molecule has 8 heteroatoms. The Bertz CT molecular complexity index is 773. The van der Waals surface area contributed by atoms with E-state index in [1.54, 1.807) is 28.0 Å². The molecule has 2 aromatic rings. The van der Waals surface area contributed by atoms with Gasteiger partial charge in [-0.3, -0.25) is 9.59 Å². The third-order valence-electron chi connectivity index (χ3n) is 3.99. The van der Waals surface area contributed by atoms with Gasteiger partial charge < -0.3 is 15.1 Å². The molecule has 0 radical (unpaired) electrons. The zero-order valence-corrected chi connectivity index (χ0v) is 13.8. The largest absolute Gasteiger partial charge is 0.339 e. The lowest BCUT2D eigenvalue weighted by Gasteiger charge is -2.34. The maximum Gasteiger partial charge on any atom is 0.272 e. The topological polar surface area (TPSA) is 78.4 Å². The molecule has 1 aliphatic rings. The van der Waals surface area contributed by atoms with E-state index in [4.69, 9.17) is 0 Å². The van der Waals surface area contributed by atoms with Crippen LogP contribution in [-0.2, 0) is 4.79 Å². The second-order valence-corrected chi connectivity index (χ2v) is 5.70. The summed E-state index contributed by atoms with van der Waals surface area (Å²) in [6.45, 7) is 3.52. The molecule has 25 heavy (non-hydrogen) atoms. The number of amides is 2. The lowest BCUT2D eigenvalue weighted by atomic mass is 10.2. The van der Waals surface area contributed by atoms with E-state index in [0.29, 0.717) is 31.9 Å². The van der Waals surface area contributed by atoms with Crippen molar-refractivity contribution in [2.24, 2.45) is 0 Å². The first-order chi connectivity index (χ1) is 12.0. The van der Waals surface area contributed by atoms with Crippen LogP contribution < -0.4 is 5.32 Å². The van der Waals surface area contributed by atoms with Gasteiger partial charge >= 0.3 is 0 Å². The van der Waals surface area contributed by atoms with Crippen molar-refractivity contribution in [1.29, 1.82) is 0 Å². The summed E-state index contributed by atoms with van der Waals surface area (Å²) in [5.41, 5.74) is 0.900. The van der Waals surface area contributed by atoms with Crippen LogP contribution in [0.2, 0.25) is 0 Å². The Morgan fingerprint density at radius 2 is 1.68 bits per heavy atom. The molecule has 1 N–H and O–H groups in total. The second-order valence-electron chi connectivity index (χ2n) is 5.70. The van der Waals surface area contributed by atoms with Gasteiger partial charge in [-0.05, 0) is 30.3 Å². The van der Waals surface area contributed by atoms with Crippen LogP contribution in [0.25, 0.3) is 0 Å². The molecule has 1 aliphatic heterocycles. The SMILES string of the molecule is CC(=O)N1CCN(C(=O)c2ccnc(Nc3ccc(F)cc3)n2)CC1. The third-order valence-corrected chi connectivity index (χ3v) is 3.99. The molecular formula is C17H18FN5O2. The molecule has 1 saturated heterocycles. The molecule has 0 aliphatic carbocycles. The first-order valence-corrected chi connectivity index (χ1v) is 7.93. The van der Waals surface area contributed by atoms with Crippen molar-refractivity contribution in [1.82, 2.24) is 19.8 Å². The maximum absolute atomic E-state index is 12.9. The van der Waals surface area contributed by atoms with Crippen LogP contribution >= 0.6 is 0 Å². The number of carbonyl (C=O) groups is 2. The number of hydrogen-bond donors (Lipinski definition) is 1. The lowest BCUT2D eigenvalue weighted by molar-refractivity contribution is -0.130. The Balaban J connectivity index is 1.67. The molecule has 0 bridgehead atoms. The minimum atomic E-state index is -0.333.